The standard InChI is InChI=1S/C23H28N2O4.C2H2O4/c1-26-20-9-7-17(12-22(20)28-3)14-24-15-19-6-5-11-25(19)16-18-8-10-21(27-2)23(13-18)29-4;3-1(4)2(5)6/h5-13,24H,14-16H2,1-4H3;(H,3,4)(H,5,6). The van der Waals surface area contributed by atoms with Crippen molar-refractivity contribution >= 4 is 11.9 Å². The summed E-state index contributed by atoms with van der Waals surface area (Å²) >= 11 is 0. The second-order valence-corrected chi connectivity index (χ2v) is 7.22. The van der Waals surface area contributed by atoms with Crippen molar-refractivity contribution in [2.45, 2.75) is 19.6 Å². The van der Waals surface area contributed by atoms with E-state index >= 15 is 0 Å². The lowest BCUT2D eigenvalue weighted by Gasteiger charge is -2.13. The van der Waals surface area contributed by atoms with Crippen molar-refractivity contribution in [3.05, 3.63) is 71.5 Å². The smallest absolute Gasteiger partial charge is 0.414 e. The Morgan fingerprint density at radius 2 is 1.26 bits per heavy atom. The molecule has 0 atom stereocenters. The van der Waals surface area contributed by atoms with Crippen LogP contribution in [0, 0.1) is 0 Å². The molecule has 10 nitrogen and oxygen atoms in total. The third-order valence-corrected chi connectivity index (χ3v) is 4.99. The SMILES string of the molecule is COc1ccc(CNCc2cccn2Cc2ccc(OC)c(OC)c2)cc1OC.O=C(O)C(=O)O. The minimum absolute atomic E-state index is 0.736. The number of nitrogens with one attached hydrogen (secondary N) is 1. The average molecular weight is 487 g/mol. The van der Waals surface area contributed by atoms with Crippen molar-refractivity contribution < 1.29 is 38.7 Å². The Balaban J connectivity index is 0.000000641. The van der Waals surface area contributed by atoms with Crippen molar-refractivity contribution in [3.8, 4) is 23.0 Å². The first kappa shape index (κ1) is 27.1. The number of carbonyl (C=O) groups is 2. The number of aromatic nitrogens is 1. The summed E-state index contributed by atoms with van der Waals surface area (Å²) in [7, 11) is 6.59. The van der Waals surface area contributed by atoms with Gasteiger partial charge in [0.15, 0.2) is 23.0 Å². The van der Waals surface area contributed by atoms with Crippen LogP contribution in [-0.2, 0) is 29.2 Å². The number of ether oxygens (including phenoxy) is 4. The predicted molar refractivity (Wildman–Crippen MR) is 128 cm³/mol. The molecule has 188 valence electrons. The molecule has 0 bridgehead atoms. The maximum Gasteiger partial charge on any atom is 0.414 e. The van der Waals surface area contributed by atoms with Gasteiger partial charge in [-0.15, -0.1) is 0 Å². The van der Waals surface area contributed by atoms with Gasteiger partial charge in [0.1, 0.15) is 0 Å². The van der Waals surface area contributed by atoms with Gasteiger partial charge in [0, 0.05) is 31.5 Å². The normalized spacial score (nSPS) is 10.1. The minimum Gasteiger partial charge on any atom is -0.493 e. The monoisotopic (exact) mass is 486 g/mol. The summed E-state index contributed by atoms with van der Waals surface area (Å²) in [4.78, 5) is 18.2. The number of aliphatic carboxylic acids is 2. The Bertz CT molecular complexity index is 1110. The van der Waals surface area contributed by atoms with Gasteiger partial charge in [-0.25, -0.2) is 9.59 Å². The highest BCUT2D eigenvalue weighted by Crippen LogP contribution is 2.28. The molecular weight excluding hydrogens is 456 g/mol. The van der Waals surface area contributed by atoms with E-state index in [9.17, 15) is 0 Å². The van der Waals surface area contributed by atoms with Crippen molar-refractivity contribution in [1.29, 1.82) is 0 Å². The summed E-state index contributed by atoms with van der Waals surface area (Å²) in [6, 6.07) is 16.2. The molecule has 0 spiro atoms. The molecule has 0 aliphatic heterocycles. The molecule has 1 heterocycles. The maximum absolute atomic E-state index is 9.10. The number of nitrogens with zero attached hydrogens (tertiary/aromatic N) is 1. The van der Waals surface area contributed by atoms with Gasteiger partial charge >= 0.3 is 11.9 Å². The number of hydrogen-bond acceptors (Lipinski definition) is 7. The second-order valence-electron chi connectivity index (χ2n) is 7.22. The van der Waals surface area contributed by atoms with Gasteiger partial charge in [0.05, 0.1) is 28.4 Å². The maximum atomic E-state index is 9.10. The van der Waals surface area contributed by atoms with Crippen LogP contribution in [0.1, 0.15) is 16.8 Å². The topological polar surface area (TPSA) is 128 Å². The Kier molecular flexibility index (Phi) is 10.4. The van der Waals surface area contributed by atoms with Crippen molar-refractivity contribution in [1.82, 2.24) is 9.88 Å². The van der Waals surface area contributed by atoms with Crippen LogP contribution in [0.25, 0.3) is 0 Å². The summed E-state index contributed by atoms with van der Waals surface area (Å²) in [5.74, 6) is -0.695. The van der Waals surface area contributed by atoms with Crippen LogP contribution in [0.15, 0.2) is 54.7 Å². The van der Waals surface area contributed by atoms with E-state index in [-0.39, 0.29) is 0 Å². The number of benzene rings is 2. The molecule has 0 unspecified atom stereocenters. The van der Waals surface area contributed by atoms with Crippen LogP contribution in [0.4, 0.5) is 0 Å². The first-order valence-electron chi connectivity index (χ1n) is 10.6. The van der Waals surface area contributed by atoms with Gasteiger partial charge in [-0.3, -0.25) is 0 Å². The van der Waals surface area contributed by atoms with Gasteiger partial charge < -0.3 is 39.0 Å². The molecular formula is C25H30N2O8. The van der Waals surface area contributed by atoms with Crippen molar-refractivity contribution in [3.63, 3.8) is 0 Å². The molecule has 0 saturated carbocycles. The highest BCUT2D eigenvalue weighted by molar-refractivity contribution is 6.27. The fourth-order valence-corrected chi connectivity index (χ4v) is 3.27. The highest BCUT2D eigenvalue weighted by Gasteiger charge is 2.08. The summed E-state index contributed by atoms with van der Waals surface area (Å²) in [5.41, 5.74) is 3.50. The largest absolute Gasteiger partial charge is 0.493 e. The molecule has 0 aliphatic carbocycles. The zero-order chi connectivity index (χ0) is 25.8. The lowest BCUT2D eigenvalue weighted by molar-refractivity contribution is -0.159. The van der Waals surface area contributed by atoms with Crippen molar-refractivity contribution in [2.24, 2.45) is 0 Å². The minimum atomic E-state index is -1.82. The van der Waals surface area contributed by atoms with E-state index < -0.39 is 11.9 Å². The molecule has 10 heteroatoms. The number of carboxylic acid groups (broad SMARTS) is 2. The molecule has 3 rings (SSSR count). The predicted octanol–water partition coefficient (Wildman–Crippen LogP) is 3.02. The van der Waals surface area contributed by atoms with Crippen LogP contribution in [0.5, 0.6) is 23.0 Å². The number of hydrogen-bond donors (Lipinski definition) is 3. The zero-order valence-corrected chi connectivity index (χ0v) is 20.1. The molecule has 0 saturated heterocycles. The van der Waals surface area contributed by atoms with E-state index in [1.165, 1.54) is 5.69 Å². The van der Waals surface area contributed by atoms with Gasteiger partial charge in [0.2, 0.25) is 0 Å². The third kappa shape index (κ3) is 7.97. The van der Waals surface area contributed by atoms with Gasteiger partial charge in [-0.1, -0.05) is 12.1 Å². The summed E-state index contributed by atoms with van der Waals surface area (Å²) in [6.07, 6.45) is 2.09. The van der Waals surface area contributed by atoms with Crippen LogP contribution in [0.3, 0.4) is 0 Å². The molecule has 2 aromatic carbocycles. The van der Waals surface area contributed by atoms with E-state index in [0.717, 1.165) is 53.8 Å². The van der Waals surface area contributed by atoms with E-state index in [4.69, 9.17) is 38.7 Å². The number of carboxylic acids is 2. The summed E-state index contributed by atoms with van der Waals surface area (Å²) in [6.45, 7) is 2.26. The van der Waals surface area contributed by atoms with Crippen LogP contribution < -0.4 is 24.3 Å². The lowest BCUT2D eigenvalue weighted by atomic mass is 10.2. The van der Waals surface area contributed by atoms with Gasteiger partial charge in [-0.05, 0) is 47.5 Å². The Morgan fingerprint density at radius 1 is 0.743 bits per heavy atom. The molecule has 35 heavy (non-hydrogen) atoms. The van der Waals surface area contributed by atoms with E-state index in [1.807, 2.05) is 30.3 Å². The quantitative estimate of drug-likeness (QED) is 0.370. The Hall–Kier alpha value is -4.18. The fourth-order valence-electron chi connectivity index (χ4n) is 3.27. The van der Waals surface area contributed by atoms with E-state index in [1.54, 1.807) is 28.4 Å². The number of rotatable bonds is 10. The van der Waals surface area contributed by atoms with E-state index in [0.29, 0.717) is 0 Å². The molecule has 3 aromatic rings. The van der Waals surface area contributed by atoms with Gasteiger partial charge in [0.25, 0.3) is 0 Å². The zero-order valence-electron chi connectivity index (χ0n) is 20.1. The first-order valence-corrected chi connectivity index (χ1v) is 10.6. The highest BCUT2D eigenvalue weighted by atomic mass is 16.5. The van der Waals surface area contributed by atoms with Gasteiger partial charge in [-0.2, -0.15) is 0 Å². The van der Waals surface area contributed by atoms with Crippen LogP contribution in [-0.4, -0.2) is 55.2 Å². The van der Waals surface area contributed by atoms with Crippen LogP contribution >= 0.6 is 0 Å². The molecule has 3 N–H and O–H groups in total. The molecule has 1 aromatic heterocycles. The number of methoxy groups -OCH3 is 4. The molecule has 0 fully saturated rings. The second kappa shape index (κ2) is 13.5. The molecule has 0 aliphatic rings. The lowest BCUT2D eigenvalue weighted by Crippen LogP contribution is -2.16. The van der Waals surface area contributed by atoms with Crippen LogP contribution in [0.2, 0.25) is 0 Å². The third-order valence-electron chi connectivity index (χ3n) is 4.99. The average Bonchev–Trinajstić information content (AvgIpc) is 3.30. The molecule has 0 radical (unpaired) electrons. The molecule has 0 amide bonds. The summed E-state index contributed by atoms with van der Waals surface area (Å²) in [5, 5.41) is 18.3. The Morgan fingerprint density at radius 3 is 1.77 bits per heavy atom. The Labute approximate surface area is 203 Å². The fraction of sp³-hybridized carbons (Fsp3) is 0.280. The summed E-state index contributed by atoms with van der Waals surface area (Å²) < 4.78 is 23.6. The van der Waals surface area contributed by atoms with Crippen molar-refractivity contribution in [2.75, 3.05) is 28.4 Å². The first-order chi connectivity index (χ1) is 16.8. The van der Waals surface area contributed by atoms with E-state index in [2.05, 4.69) is 34.3 Å².